The molecule has 0 aliphatic rings. The first-order valence-corrected chi connectivity index (χ1v) is 9.02. The van der Waals surface area contributed by atoms with Crippen LogP contribution in [0.2, 0.25) is 0 Å². The SMILES string of the molecule is CC(C)N(Cc1ccccc1)C(=O)CSc1ncc2ccccn12. The van der Waals surface area contributed by atoms with Gasteiger partial charge in [0.25, 0.3) is 0 Å². The molecule has 0 aliphatic carbocycles. The molecule has 0 fully saturated rings. The molecular formula is C19H21N3OS. The number of aromatic nitrogens is 2. The monoisotopic (exact) mass is 339 g/mol. The van der Waals surface area contributed by atoms with Crippen LogP contribution in [0.5, 0.6) is 0 Å². The fraction of sp³-hybridized carbons (Fsp3) is 0.263. The van der Waals surface area contributed by atoms with E-state index in [2.05, 4.69) is 31.0 Å². The highest BCUT2D eigenvalue weighted by Crippen LogP contribution is 2.20. The molecule has 0 spiro atoms. The minimum atomic E-state index is 0.131. The van der Waals surface area contributed by atoms with Crippen LogP contribution >= 0.6 is 11.8 Å². The second-order valence-electron chi connectivity index (χ2n) is 5.93. The van der Waals surface area contributed by atoms with Gasteiger partial charge in [-0.15, -0.1) is 0 Å². The van der Waals surface area contributed by atoms with Crippen LogP contribution in [0.25, 0.3) is 5.52 Å². The van der Waals surface area contributed by atoms with Crippen LogP contribution in [-0.4, -0.2) is 32.0 Å². The second kappa shape index (κ2) is 7.53. The molecule has 0 atom stereocenters. The Morgan fingerprint density at radius 1 is 1.17 bits per heavy atom. The first-order chi connectivity index (χ1) is 11.6. The molecule has 124 valence electrons. The molecule has 0 saturated carbocycles. The van der Waals surface area contributed by atoms with Gasteiger partial charge in [-0.25, -0.2) is 4.98 Å². The predicted octanol–water partition coefficient (Wildman–Crippen LogP) is 3.86. The molecular weight excluding hydrogens is 318 g/mol. The van der Waals surface area contributed by atoms with Gasteiger partial charge < -0.3 is 4.90 Å². The molecule has 2 heterocycles. The van der Waals surface area contributed by atoms with Crippen LogP contribution in [-0.2, 0) is 11.3 Å². The number of pyridine rings is 1. The third kappa shape index (κ3) is 3.79. The maximum Gasteiger partial charge on any atom is 0.233 e. The fourth-order valence-electron chi connectivity index (χ4n) is 2.57. The number of fused-ring (bicyclic) bond motifs is 1. The lowest BCUT2D eigenvalue weighted by Gasteiger charge is -2.26. The molecule has 0 unspecified atom stereocenters. The minimum absolute atomic E-state index is 0.131. The highest BCUT2D eigenvalue weighted by molar-refractivity contribution is 7.99. The van der Waals surface area contributed by atoms with E-state index in [-0.39, 0.29) is 11.9 Å². The predicted molar refractivity (Wildman–Crippen MR) is 98.0 cm³/mol. The molecule has 1 amide bonds. The Morgan fingerprint density at radius 3 is 2.67 bits per heavy atom. The van der Waals surface area contributed by atoms with E-state index < -0.39 is 0 Å². The summed E-state index contributed by atoms with van der Waals surface area (Å²) in [5.74, 6) is 0.519. The summed E-state index contributed by atoms with van der Waals surface area (Å²) < 4.78 is 2.01. The van der Waals surface area contributed by atoms with Crippen molar-refractivity contribution in [2.45, 2.75) is 31.6 Å². The summed E-state index contributed by atoms with van der Waals surface area (Å²) in [4.78, 5) is 19.0. The first-order valence-electron chi connectivity index (χ1n) is 8.03. The van der Waals surface area contributed by atoms with Gasteiger partial charge in [-0.3, -0.25) is 9.20 Å². The summed E-state index contributed by atoms with van der Waals surface area (Å²) in [6.45, 7) is 4.74. The molecule has 3 aromatic rings. The van der Waals surface area contributed by atoms with Crippen LogP contribution in [0.15, 0.2) is 66.1 Å². The Morgan fingerprint density at radius 2 is 1.92 bits per heavy atom. The third-order valence-electron chi connectivity index (χ3n) is 3.87. The van der Waals surface area contributed by atoms with Gasteiger partial charge in [0.05, 0.1) is 17.5 Å². The Kier molecular flexibility index (Phi) is 5.20. The van der Waals surface area contributed by atoms with Crippen LogP contribution in [0.4, 0.5) is 0 Å². The average molecular weight is 339 g/mol. The lowest BCUT2D eigenvalue weighted by Crippen LogP contribution is -2.37. The summed E-state index contributed by atoms with van der Waals surface area (Å²) >= 11 is 1.48. The van der Waals surface area contributed by atoms with Crippen molar-refractivity contribution in [2.24, 2.45) is 0 Å². The zero-order valence-corrected chi connectivity index (χ0v) is 14.7. The zero-order chi connectivity index (χ0) is 16.9. The molecule has 3 rings (SSSR count). The van der Waals surface area contributed by atoms with Crippen molar-refractivity contribution in [1.29, 1.82) is 0 Å². The first kappa shape index (κ1) is 16.6. The van der Waals surface area contributed by atoms with Gasteiger partial charge in [0.2, 0.25) is 5.91 Å². The van der Waals surface area contributed by atoms with Crippen molar-refractivity contribution < 1.29 is 4.79 Å². The fourth-order valence-corrected chi connectivity index (χ4v) is 3.43. The van der Waals surface area contributed by atoms with E-state index in [1.807, 2.05) is 58.1 Å². The maximum atomic E-state index is 12.7. The summed E-state index contributed by atoms with van der Waals surface area (Å²) in [5, 5.41) is 0.849. The van der Waals surface area contributed by atoms with Gasteiger partial charge >= 0.3 is 0 Å². The number of imidazole rings is 1. The topological polar surface area (TPSA) is 37.6 Å². The highest BCUT2D eigenvalue weighted by Gasteiger charge is 2.18. The van der Waals surface area contributed by atoms with E-state index in [1.165, 1.54) is 11.8 Å². The lowest BCUT2D eigenvalue weighted by atomic mass is 10.2. The average Bonchev–Trinajstić information content (AvgIpc) is 3.01. The maximum absolute atomic E-state index is 12.7. The third-order valence-corrected chi connectivity index (χ3v) is 4.82. The summed E-state index contributed by atoms with van der Waals surface area (Å²) in [6.07, 6.45) is 3.80. The Hall–Kier alpha value is -2.27. The quantitative estimate of drug-likeness (QED) is 0.640. The Bertz CT molecular complexity index is 814. The van der Waals surface area contributed by atoms with Crippen molar-refractivity contribution in [3.8, 4) is 0 Å². The second-order valence-corrected chi connectivity index (χ2v) is 6.87. The van der Waals surface area contributed by atoms with Gasteiger partial charge in [-0.05, 0) is 31.5 Å². The van der Waals surface area contributed by atoms with Crippen LogP contribution in [0, 0.1) is 0 Å². The van der Waals surface area contributed by atoms with E-state index >= 15 is 0 Å². The van der Waals surface area contributed by atoms with E-state index in [9.17, 15) is 4.79 Å². The molecule has 24 heavy (non-hydrogen) atoms. The highest BCUT2D eigenvalue weighted by atomic mass is 32.2. The number of carbonyl (C=O) groups excluding carboxylic acids is 1. The van der Waals surface area contributed by atoms with Crippen molar-refractivity contribution >= 4 is 23.2 Å². The zero-order valence-electron chi connectivity index (χ0n) is 13.9. The summed E-state index contributed by atoms with van der Waals surface area (Å²) in [6, 6.07) is 16.2. The minimum Gasteiger partial charge on any atom is -0.335 e. The summed E-state index contributed by atoms with van der Waals surface area (Å²) in [7, 11) is 0. The number of benzene rings is 1. The molecule has 4 nitrogen and oxygen atoms in total. The number of rotatable bonds is 6. The number of thioether (sulfide) groups is 1. The molecule has 0 bridgehead atoms. The lowest BCUT2D eigenvalue weighted by molar-refractivity contribution is -0.130. The molecule has 5 heteroatoms. The van der Waals surface area contributed by atoms with Crippen molar-refractivity contribution in [2.75, 3.05) is 5.75 Å². The van der Waals surface area contributed by atoms with Gasteiger partial charge in [0.1, 0.15) is 0 Å². The van der Waals surface area contributed by atoms with Gasteiger partial charge in [-0.1, -0.05) is 48.2 Å². The number of nitrogens with zero attached hydrogens (tertiary/aromatic N) is 3. The molecule has 1 aromatic carbocycles. The number of hydrogen-bond donors (Lipinski definition) is 0. The van der Waals surface area contributed by atoms with E-state index in [1.54, 1.807) is 0 Å². The molecule has 2 aromatic heterocycles. The number of amides is 1. The van der Waals surface area contributed by atoms with Crippen molar-refractivity contribution in [3.63, 3.8) is 0 Å². The Balaban J connectivity index is 1.67. The van der Waals surface area contributed by atoms with Crippen molar-refractivity contribution in [3.05, 3.63) is 66.5 Å². The standard InChI is InChI=1S/C19H21N3OS/c1-15(2)22(13-16-8-4-3-5-9-16)18(23)14-24-19-20-12-17-10-6-7-11-21(17)19/h3-12,15H,13-14H2,1-2H3. The molecule has 0 aliphatic heterocycles. The van der Waals surface area contributed by atoms with Crippen LogP contribution in [0.3, 0.4) is 0 Å². The van der Waals surface area contributed by atoms with E-state index in [4.69, 9.17) is 0 Å². The van der Waals surface area contributed by atoms with E-state index in [0.29, 0.717) is 12.3 Å². The van der Waals surface area contributed by atoms with Crippen molar-refractivity contribution in [1.82, 2.24) is 14.3 Å². The van der Waals surface area contributed by atoms with E-state index in [0.717, 1.165) is 16.2 Å². The largest absolute Gasteiger partial charge is 0.335 e. The van der Waals surface area contributed by atoms with Crippen LogP contribution < -0.4 is 0 Å². The summed E-state index contributed by atoms with van der Waals surface area (Å²) in [5.41, 5.74) is 2.19. The molecule has 0 radical (unpaired) electrons. The molecule has 0 saturated heterocycles. The van der Waals surface area contributed by atoms with Crippen LogP contribution in [0.1, 0.15) is 19.4 Å². The van der Waals surface area contributed by atoms with Gasteiger partial charge in [-0.2, -0.15) is 0 Å². The van der Waals surface area contributed by atoms with Gasteiger partial charge in [0, 0.05) is 18.8 Å². The van der Waals surface area contributed by atoms with Gasteiger partial charge in [0.15, 0.2) is 5.16 Å². The Labute approximate surface area is 146 Å². The normalized spacial score (nSPS) is 11.1. The number of carbonyl (C=O) groups is 1. The number of hydrogen-bond acceptors (Lipinski definition) is 3. The smallest absolute Gasteiger partial charge is 0.233 e. The molecule has 0 N–H and O–H groups in total.